The van der Waals surface area contributed by atoms with Crippen LogP contribution in [0.4, 0.5) is 11.5 Å². The lowest BCUT2D eigenvalue weighted by atomic mass is 10.2. The lowest BCUT2D eigenvalue weighted by Crippen LogP contribution is -1.98. The summed E-state index contributed by atoms with van der Waals surface area (Å²) in [7, 11) is 0. The molecule has 0 unspecified atom stereocenters. The molecule has 0 atom stereocenters. The summed E-state index contributed by atoms with van der Waals surface area (Å²) in [5.74, 6) is 0.483. The van der Waals surface area contributed by atoms with Crippen LogP contribution in [-0.4, -0.2) is 4.98 Å². The quantitative estimate of drug-likeness (QED) is 0.890. The van der Waals surface area contributed by atoms with Crippen molar-refractivity contribution in [1.29, 1.82) is 5.26 Å². The van der Waals surface area contributed by atoms with Crippen LogP contribution in [0.5, 0.6) is 0 Å². The first-order valence-electron chi connectivity index (χ1n) is 5.20. The maximum atomic E-state index is 8.91. The number of rotatable bonds is 2. The smallest absolute Gasteiger partial charge is 0.150 e. The Morgan fingerprint density at radius 3 is 2.89 bits per heavy atom. The number of nitriles is 1. The van der Waals surface area contributed by atoms with Gasteiger partial charge in [0.2, 0.25) is 0 Å². The van der Waals surface area contributed by atoms with Crippen molar-refractivity contribution >= 4 is 39.0 Å². The van der Waals surface area contributed by atoms with Gasteiger partial charge >= 0.3 is 0 Å². The molecule has 3 nitrogen and oxygen atoms in total. The zero-order valence-corrected chi connectivity index (χ0v) is 11.9. The van der Waals surface area contributed by atoms with Crippen molar-refractivity contribution in [3.05, 3.63) is 51.1 Å². The Balaban J connectivity index is 2.41. The molecule has 18 heavy (non-hydrogen) atoms. The van der Waals surface area contributed by atoms with Crippen molar-refractivity contribution < 1.29 is 0 Å². The van der Waals surface area contributed by atoms with Crippen LogP contribution in [0, 0.1) is 18.3 Å². The number of anilines is 2. The minimum Gasteiger partial charge on any atom is -0.339 e. The van der Waals surface area contributed by atoms with Gasteiger partial charge in [-0.15, -0.1) is 0 Å². The van der Waals surface area contributed by atoms with Crippen LogP contribution in [-0.2, 0) is 0 Å². The third-order valence-electron chi connectivity index (χ3n) is 2.53. The highest BCUT2D eigenvalue weighted by molar-refractivity contribution is 9.10. The molecule has 90 valence electrons. The SMILES string of the molecule is Cc1c(Br)cccc1Nc1nccc(C#N)c1Cl. The second-order valence-corrected chi connectivity index (χ2v) is 4.90. The molecule has 0 aliphatic heterocycles. The number of hydrogen-bond acceptors (Lipinski definition) is 3. The van der Waals surface area contributed by atoms with Crippen molar-refractivity contribution in [2.45, 2.75) is 6.92 Å². The topological polar surface area (TPSA) is 48.7 Å². The lowest BCUT2D eigenvalue weighted by molar-refractivity contribution is 1.28. The summed E-state index contributed by atoms with van der Waals surface area (Å²) < 4.78 is 1.00. The summed E-state index contributed by atoms with van der Waals surface area (Å²) in [6.07, 6.45) is 1.56. The molecule has 0 spiro atoms. The standard InChI is InChI=1S/C13H9BrClN3/c1-8-10(14)3-2-4-11(8)18-13-12(15)9(7-16)5-6-17-13/h2-6H,1H3,(H,17,18). The highest BCUT2D eigenvalue weighted by atomic mass is 79.9. The molecule has 0 bridgehead atoms. The van der Waals surface area contributed by atoms with Crippen LogP contribution in [0.2, 0.25) is 5.02 Å². The normalized spacial score (nSPS) is 9.89. The predicted octanol–water partition coefficient (Wildman–Crippen LogP) is 4.42. The van der Waals surface area contributed by atoms with E-state index in [1.807, 2.05) is 31.2 Å². The molecule has 1 heterocycles. The minimum atomic E-state index is 0.333. The molecule has 0 saturated carbocycles. The first-order valence-corrected chi connectivity index (χ1v) is 6.37. The molecule has 1 aromatic heterocycles. The van der Waals surface area contributed by atoms with E-state index in [0.717, 1.165) is 15.7 Å². The highest BCUT2D eigenvalue weighted by Gasteiger charge is 2.09. The summed E-state index contributed by atoms with van der Waals surface area (Å²) in [5.41, 5.74) is 2.36. The van der Waals surface area contributed by atoms with Crippen molar-refractivity contribution in [1.82, 2.24) is 4.98 Å². The van der Waals surface area contributed by atoms with Crippen LogP contribution >= 0.6 is 27.5 Å². The maximum absolute atomic E-state index is 8.91. The molecule has 0 amide bonds. The van der Waals surface area contributed by atoms with Gasteiger partial charge in [0, 0.05) is 16.4 Å². The van der Waals surface area contributed by atoms with E-state index < -0.39 is 0 Å². The number of nitrogens with one attached hydrogen (secondary N) is 1. The Hall–Kier alpha value is -1.57. The van der Waals surface area contributed by atoms with Crippen LogP contribution in [0.25, 0.3) is 0 Å². The molecule has 0 aliphatic carbocycles. The van der Waals surface area contributed by atoms with Gasteiger partial charge in [-0.3, -0.25) is 0 Å². The van der Waals surface area contributed by atoms with E-state index in [1.54, 1.807) is 12.3 Å². The summed E-state index contributed by atoms with van der Waals surface area (Å²) >= 11 is 9.55. The Morgan fingerprint density at radius 1 is 1.39 bits per heavy atom. The van der Waals surface area contributed by atoms with E-state index in [-0.39, 0.29) is 0 Å². The molecule has 2 rings (SSSR count). The van der Waals surface area contributed by atoms with Gasteiger partial charge in [-0.1, -0.05) is 33.6 Å². The molecule has 0 saturated heterocycles. The van der Waals surface area contributed by atoms with E-state index in [9.17, 15) is 0 Å². The Labute approximate surface area is 119 Å². The average Bonchev–Trinajstić information content (AvgIpc) is 2.37. The molecule has 0 aliphatic rings. The lowest BCUT2D eigenvalue weighted by Gasteiger charge is -2.11. The maximum Gasteiger partial charge on any atom is 0.150 e. The van der Waals surface area contributed by atoms with Gasteiger partial charge < -0.3 is 5.32 Å². The summed E-state index contributed by atoms with van der Waals surface area (Å²) in [5, 5.41) is 12.4. The Bertz CT molecular complexity index is 635. The fourth-order valence-corrected chi connectivity index (χ4v) is 2.06. The van der Waals surface area contributed by atoms with Gasteiger partial charge in [0.15, 0.2) is 5.82 Å². The molecular formula is C13H9BrClN3. The first-order chi connectivity index (χ1) is 8.63. The number of pyridine rings is 1. The Kier molecular flexibility index (Phi) is 3.85. The van der Waals surface area contributed by atoms with E-state index in [1.165, 1.54) is 0 Å². The molecule has 1 aromatic carbocycles. The molecule has 0 radical (unpaired) electrons. The van der Waals surface area contributed by atoms with E-state index in [0.29, 0.717) is 16.4 Å². The number of halogens is 2. The molecular weight excluding hydrogens is 314 g/mol. The van der Waals surface area contributed by atoms with Gasteiger partial charge in [0.1, 0.15) is 11.1 Å². The molecule has 2 aromatic rings. The third-order valence-corrected chi connectivity index (χ3v) is 3.77. The summed E-state index contributed by atoms with van der Waals surface area (Å²) in [6.45, 7) is 1.98. The number of nitrogens with zero attached hydrogens (tertiary/aromatic N) is 2. The minimum absolute atomic E-state index is 0.333. The van der Waals surface area contributed by atoms with Crippen LogP contribution in [0.1, 0.15) is 11.1 Å². The third kappa shape index (κ3) is 2.47. The molecule has 1 N–H and O–H groups in total. The van der Waals surface area contributed by atoms with Gasteiger partial charge in [0.25, 0.3) is 0 Å². The van der Waals surface area contributed by atoms with Crippen molar-refractivity contribution in [3.8, 4) is 6.07 Å². The molecule has 5 heteroatoms. The van der Waals surface area contributed by atoms with E-state index in [4.69, 9.17) is 16.9 Å². The van der Waals surface area contributed by atoms with Gasteiger partial charge in [-0.05, 0) is 30.7 Å². The second kappa shape index (κ2) is 5.38. The van der Waals surface area contributed by atoms with Gasteiger partial charge in [-0.2, -0.15) is 5.26 Å². The largest absolute Gasteiger partial charge is 0.339 e. The second-order valence-electron chi connectivity index (χ2n) is 3.67. The van der Waals surface area contributed by atoms with Gasteiger partial charge in [-0.25, -0.2) is 4.98 Å². The van der Waals surface area contributed by atoms with Gasteiger partial charge in [0.05, 0.1) is 5.56 Å². The van der Waals surface area contributed by atoms with E-state index in [2.05, 4.69) is 26.2 Å². The Morgan fingerprint density at radius 2 is 2.17 bits per heavy atom. The number of hydrogen-bond donors (Lipinski definition) is 1. The molecule has 0 fully saturated rings. The highest BCUT2D eigenvalue weighted by Crippen LogP contribution is 2.30. The fraction of sp³-hybridized carbons (Fsp3) is 0.0769. The zero-order chi connectivity index (χ0) is 13.1. The zero-order valence-electron chi connectivity index (χ0n) is 9.54. The predicted molar refractivity (Wildman–Crippen MR) is 76.1 cm³/mol. The number of benzene rings is 1. The van der Waals surface area contributed by atoms with E-state index >= 15 is 0 Å². The van der Waals surface area contributed by atoms with Crippen LogP contribution < -0.4 is 5.32 Å². The monoisotopic (exact) mass is 321 g/mol. The van der Waals surface area contributed by atoms with Crippen molar-refractivity contribution in [3.63, 3.8) is 0 Å². The first kappa shape index (κ1) is 12.9. The van der Waals surface area contributed by atoms with Crippen LogP contribution in [0.3, 0.4) is 0 Å². The summed E-state index contributed by atoms with van der Waals surface area (Å²) in [6, 6.07) is 9.42. The van der Waals surface area contributed by atoms with Crippen molar-refractivity contribution in [2.75, 3.05) is 5.32 Å². The van der Waals surface area contributed by atoms with Crippen molar-refractivity contribution in [2.24, 2.45) is 0 Å². The summed E-state index contributed by atoms with van der Waals surface area (Å²) in [4.78, 5) is 4.14. The van der Waals surface area contributed by atoms with Crippen LogP contribution in [0.15, 0.2) is 34.9 Å². The average molecular weight is 323 g/mol. The number of aromatic nitrogens is 1. The fourth-order valence-electron chi connectivity index (χ4n) is 1.49.